The molecule has 0 spiro atoms. The molecule has 0 fully saturated rings. The zero-order valence-corrected chi connectivity index (χ0v) is 13.1. The van der Waals surface area contributed by atoms with Crippen LogP contribution in [0.4, 0.5) is 0 Å². The molecule has 1 N–H and O–H groups in total. The van der Waals surface area contributed by atoms with Crippen LogP contribution in [0.2, 0.25) is 0 Å². The van der Waals surface area contributed by atoms with Crippen LogP contribution in [0.15, 0.2) is 36.5 Å². The Kier molecular flexibility index (Phi) is 13.6. The number of hydrogen-bond donors (Lipinski definition) is 1. The van der Waals surface area contributed by atoms with Crippen molar-refractivity contribution in [2.24, 2.45) is 0 Å². The number of carboxylic acids is 1. The Bertz CT molecular complexity index is 365. The van der Waals surface area contributed by atoms with Crippen molar-refractivity contribution >= 4 is 11.8 Å². The van der Waals surface area contributed by atoms with Gasteiger partial charge in [0.1, 0.15) is 0 Å². The molecule has 0 saturated heterocycles. The van der Waals surface area contributed by atoms with E-state index in [-0.39, 0.29) is 12.2 Å². The number of unbranched alkanes of at least 4 members (excludes halogenated alkanes) is 5. The van der Waals surface area contributed by atoms with Gasteiger partial charge in [-0.25, -0.2) is 0 Å². The zero-order chi connectivity index (χ0) is 15.8. The van der Waals surface area contributed by atoms with E-state index in [1.54, 1.807) is 12.2 Å². The molecule has 21 heavy (non-hydrogen) atoms. The Balaban J connectivity index is 3.59. The third kappa shape index (κ3) is 16.3. The third-order valence-corrected chi connectivity index (χ3v) is 3.04. The van der Waals surface area contributed by atoms with Gasteiger partial charge in [-0.2, -0.15) is 0 Å². The van der Waals surface area contributed by atoms with E-state index in [0.29, 0.717) is 19.3 Å². The van der Waals surface area contributed by atoms with Gasteiger partial charge in [-0.3, -0.25) is 9.59 Å². The Morgan fingerprint density at radius 3 is 2.29 bits per heavy atom. The monoisotopic (exact) mass is 292 g/mol. The van der Waals surface area contributed by atoms with Gasteiger partial charge in [0.05, 0.1) is 0 Å². The summed E-state index contributed by atoms with van der Waals surface area (Å²) in [6.45, 7) is 2.21. The Hall–Kier alpha value is -1.64. The predicted molar refractivity (Wildman–Crippen MR) is 87.3 cm³/mol. The SMILES string of the molecule is CCCCCC\C=C/C=C\C=C\C(=O)CCCCC(=O)O. The van der Waals surface area contributed by atoms with Gasteiger partial charge in [0.15, 0.2) is 5.78 Å². The molecule has 0 aromatic rings. The van der Waals surface area contributed by atoms with Crippen LogP contribution in [0, 0.1) is 0 Å². The maximum atomic E-state index is 11.4. The number of carbonyl (C=O) groups is 2. The topological polar surface area (TPSA) is 54.4 Å². The van der Waals surface area contributed by atoms with Gasteiger partial charge in [0.2, 0.25) is 0 Å². The maximum Gasteiger partial charge on any atom is 0.303 e. The van der Waals surface area contributed by atoms with Gasteiger partial charge in [-0.1, -0.05) is 56.6 Å². The number of aliphatic carboxylic acids is 1. The molecular formula is C18H28O3. The first kappa shape index (κ1) is 19.4. The molecule has 0 aliphatic carbocycles. The van der Waals surface area contributed by atoms with Crippen LogP contribution in [0.1, 0.15) is 64.7 Å². The molecule has 0 aliphatic rings. The Morgan fingerprint density at radius 1 is 0.857 bits per heavy atom. The lowest BCUT2D eigenvalue weighted by atomic mass is 10.1. The molecule has 0 unspecified atom stereocenters. The summed E-state index contributed by atoms with van der Waals surface area (Å²) in [5.41, 5.74) is 0. The molecule has 118 valence electrons. The lowest BCUT2D eigenvalue weighted by molar-refractivity contribution is -0.137. The van der Waals surface area contributed by atoms with Crippen molar-refractivity contribution in [3.63, 3.8) is 0 Å². The molecule has 0 radical (unpaired) electrons. The molecule has 0 aromatic carbocycles. The number of rotatable bonds is 13. The first-order valence-corrected chi connectivity index (χ1v) is 7.91. The fraction of sp³-hybridized carbons (Fsp3) is 0.556. The molecule has 0 bridgehead atoms. The van der Waals surface area contributed by atoms with Crippen molar-refractivity contribution in [2.45, 2.75) is 64.7 Å². The summed E-state index contributed by atoms with van der Waals surface area (Å²) in [4.78, 5) is 21.7. The minimum atomic E-state index is -0.803. The van der Waals surface area contributed by atoms with Crippen molar-refractivity contribution < 1.29 is 14.7 Å². The van der Waals surface area contributed by atoms with Gasteiger partial charge in [0, 0.05) is 12.8 Å². The second-order valence-electron chi connectivity index (χ2n) is 5.09. The summed E-state index contributed by atoms with van der Waals surface area (Å²) >= 11 is 0. The van der Waals surface area contributed by atoms with Crippen LogP contribution in [-0.4, -0.2) is 16.9 Å². The molecular weight excluding hydrogens is 264 g/mol. The number of hydrogen-bond acceptors (Lipinski definition) is 2. The van der Waals surface area contributed by atoms with Crippen LogP contribution < -0.4 is 0 Å². The van der Waals surface area contributed by atoms with E-state index in [1.165, 1.54) is 25.7 Å². The van der Waals surface area contributed by atoms with E-state index in [4.69, 9.17) is 5.11 Å². The first-order chi connectivity index (χ1) is 10.2. The molecule has 0 amide bonds. The van der Waals surface area contributed by atoms with Crippen molar-refractivity contribution in [1.29, 1.82) is 0 Å². The molecule has 0 aliphatic heterocycles. The highest BCUT2D eigenvalue weighted by Crippen LogP contribution is 2.03. The van der Waals surface area contributed by atoms with E-state index in [2.05, 4.69) is 13.0 Å². The minimum absolute atomic E-state index is 0.0496. The van der Waals surface area contributed by atoms with E-state index in [1.807, 2.05) is 18.2 Å². The van der Waals surface area contributed by atoms with Crippen molar-refractivity contribution in [3.05, 3.63) is 36.5 Å². The first-order valence-electron chi connectivity index (χ1n) is 7.91. The molecule has 3 nitrogen and oxygen atoms in total. The number of carboxylic acid groups (broad SMARTS) is 1. The summed E-state index contributed by atoms with van der Waals surface area (Å²) in [5, 5.41) is 8.47. The van der Waals surface area contributed by atoms with Gasteiger partial charge in [0.25, 0.3) is 0 Å². The summed E-state index contributed by atoms with van der Waals surface area (Å²) in [5.74, 6) is -0.754. The quantitative estimate of drug-likeness (QED) is 0.300. The largest absolute Gasteiger partial charge is 0.481 e. The number of carbonyl (C=O) groups excluding carboxylic acids is 1. The fourth-order valence-corrected chi connectivity index (χ4v) is 1.81. The lowest BCUT2D eigenvalue weighted by Gasteiger charge is -1.94. The van der Waals surface area contributed by atoms with Gasteiger partial charge >= 0.3 is 5.97 Å². The lowest BCUT2D eigenvalue weighted by Crippen LogP contribution is -1.96. The predicted octanol–water partition coefficient (Wildman–Crippen LogP) is 4.84. The normalized spacial score (nSPS) is 11.9. The standard InChI is InChI=1S/C18H28O3/c1-2-3-4-5-6-7-8-9-10-11-14-17(19)15-12-13-16-18(20)21/h7-11,14H,2-6,12-13,15-16H2,1H3,(H,20,21)/b8-7-,10-9-,14-11+. The molecule has 0 atom stereocenters. The minimum Gasteiger partial charge on any atom is -0.481 e. The zero-order valence-electron chi connectivity index (χ0n) is 13.1. The van der Waals surface area contributed by atoms with E-state index in [0.717, 1.165) is 6.42 Å². The third-order valence-electron chi connectivity index (χ3n) is 3.04. The van der Waals surface area contributed by atoms with E-state index >= 15 is 0 Å². The Labute approximate surface area is 128 Å². The highest BCUT2D eigenvalue weighted by molar-refractivity contribution is 5.89. The number of allylic oxidation sites excluding steroid dienone is 6. The highest BCUT2D eigenvalue weighted by Gasteiger charge is 1.99. The van der Waals surface area contributed by atoms with E-state index in [9.17, 15) is 9.59 Å². The van der Waals surface area contributed by atoms with E-state index < -0.39 is 5.97 Å². The average molecular weight is 292 g/mol. The molecule has 3 heteroatoms. The van der Waals surface area contributed by atoms with Gasteiger partial charge in [-0.15, -0.1) is 0 Å². The molecule has 0 saturated carbocycles. The van der Waals surface area contributed by atoms with Gasteiger partial charge in [-0.05, 0) is 31.8 Å². The second kappa shape index (κ2) is 14.8. The highest BCUT2D eigenvalue weighted by atomic mass is 16.4. The van der Waals surface area contributed by atoms with Crippen LogP contribution >= 0.6 is 0 Å². The number of ketones is 1. The molecule has 0 rings (SSSR count). The van der Waals surface area contributed by atoms with Crippen molar-refractivity contribution in [2.75, 3.05) is 0 Å². The van der Waals surface area contributed by atoms with Crippen LogP contribution in [-0.2, 0) is 9.59 Å². The smallest absolute Gasteiger partial charge is 0.303 e. The summed E-state index contributed by atoms with van der Waals surface area (Å²) < 4.78 is 0. The van der Waals surface area contributed by atoms with Crippen LogP contribution in [0.25, 0.3) is 0 Å². The summed E-state index contributed by atoms with van der Waals surface area (Å²) in [6, 6.07) is 0. The molecule has 0 aromatic heterocycles. The second-order valence-corrected chi connectivity index (χ2v) is 5.09. The van der Waals surface area contributed by atoms with Crippen LogP contribution in [0.5, 0.6) is 0 Å². The molecule has 0 heterocycles. The average Bonchev–Trinajstić information content (AvgIpc) is 2.45. The summed E-state index contributed by atoms with van der Waals surface area (Å²) in [6.07, 6.45) is 19.2. The maximum absolute atomic E-state index is 11.4. The fourth-order valence-electron chi connectivity index (χ4n) is 1.81. The van der Waals surface area contributed by atoms with Crippen molar-refractivity contribution in [3.8, 4) is 0 Å². The van der Waals surface area contributed by atoms with Crippen molar-refractivity contribution in [1.82, 2.24) is 0 Å². The summed E-state index contributed by atoms with van der Waals surface area (Å²) in [7, 11) is 0. The Morgan fingerprint density at radius 2 is 1.57 bits per heavy atom. The van der Waals surface area contributed by atoms with Crippen LogP contribution in [0.3, 0.4) is 0 Å². The van der Waals surface area contributed by atoms with Gasteiger partial charge < -0.3 is 5.11 Å².